The molecule has 2 aliphatic heterocycles. The van der Waals surface area contributed by atoms with Gasteiger partial charge >= 0.3 is 0 Å². The summed E-state index contributed by atoms with van der Waals surface area (Å²) in [6.45, 7) is 3.07. The van der Waals surface area contributed by atoms with Crippen molar-refractivity contribution in [2.45, 2.75) is 36.8 Å². The molecule has 10 heteroatoms. The maximum Gasteiger partial charge on any atom is 0.236 e. The molecule has 2 aromatic heterocycles. The number of hydrogen-bond acceptors (Lipinski definition) is 8. The molecule has 2 saturated heterocycles. The first-order valence-electron chi connectivity index (χ1n) is 9.54. The highest BCUT2D eigenvalue weighted by Gasteiger charge is 2.35. The van der Waals surface area contributed by atoms with Gasteiger partial charge in [0.15, 0.2) is 14.9 Å². The Balaban J connectivity index is 1.62. The molecule has 152 valence electrons. The van der Waals surface area contributed by atoms with Gasteiger partial charge in [-0.1, -0.05) is 6.07 Å². The average molecular weight is 442 g/mol. The van der Waals surface area contributed by atoms with E-state index in [1.54, 1.807) is 12.3 Å². The third-order valence-electron chi connectivity index (χ3n) is 5.85. The van der Waals surface area contributed by atoms with E-state index in [2.05, 4.69) is 24.6 Å². The van der Waals surface area contributed by atoms with Crippen LogP contribution >= 0.6 is 23.1 Å². The van der Waals surface area contributed by atoms with Gasteiger partial charge in [0, 0.05) is 30.5 Å². The number of nitrogens with one attached hydrogen (secondary N) is 1. The number of aromatic nitrogens is 3. The highest BCUT2D eigenvalue weighted by molar-refractivity contribution is 7.90. The lowest BCUT2D eigenvalue weighted by Crippen LogP contribution is -2.41. The molecule has 7 nitrogen and oxygen atoms in total. The molecular weight excluding hydrogens is 418 g/mol. The molecule has 0 amide bonds. The first kappa shape index (κ1) is 20.0. The van der Waals surface area contributed by atoms with E-state index in [0.717, 1.165) is 49.1 Å². The first-order valence-corrected chi connectivity index (χ1v) is 12.6. The number of rotatable bonds is 4. The molecule has 2 aromatic rings. The van der Waals surface area contributed by atoms with Crippen LogP contribution in [-0.2, 0) is 9.84 Å². The van der Waals surface area contributed by atoms with Crippen molar-refractivity contribution in [2.75, 3.05) is 30.8 Å². The lowest BCUT2D eigenvalue weighted by molar-refractivity contribution is 0.200. The Morgan fingerprint density at radius 3 is 2.61 bits per heavy atom. The second-order valence-corrected chi connectivity index (χ2v) is 10.7. The maximum atomic E-state index is 11.8. The number of piperidine rings is 2. The summed E-state index contributed by atoms with van der Waals surface area (Å²) in [5, 5.41) is 4.63. The van der Waals surface area contributed by atoms with Crippen LogP contribution in [-0.4, -0.2) is 48.6 Å². The van der Waals surface area contributed by atoms with Gasteiger partial charge < -0.3 is 10.2 Å². The molecule has 1 N–H and O–H groups in total. The number of anilines is 1. The predicted molar refractivity (Wildman–Crippen MR) is 111 cm³/mol. The van der Waals surface area contributed by atoms with Crippen LogP contribution < -0.4 is 10.2 Å². The van der Waals surface area contributed by atoms with E-state index in [9.17, 15) is 8.42 Å². The van der Waals surface area contributed by atoms with E-state index in [1.807, 2.05) is 6.07 Å². The van der Waals surface area contributed by atoms with E-state index in [1.165, 1.54) is 30.6 Å². The fourth-order valence-electron chi connectivity index (χ4n) is 4.40. The molecular formula is C18H24ClN5O2S2. The minimum atomic E-state index is -3.31. The minimum absolute atomic E-state index is 0.0961. The van der Waals surface area contributed by atoms with Gasteiger partial charge in [-0.15, -0.1) is 0 Å². The van der Waals surface area contributed by atoms with Crippen LogP contribution in [0.25, 0.3) is 0 Å². The van der Waals surface area contributed by atoms with Crippen molar-refractivity contribution in [1.82, 2.24) is 19.7 Å². The summed E-state index contributed by atoms with van der Waals surface area (Å²) in [7, 11) is -3.31. The predicted octanol–water partition coefficient (Wildman–Crippen LogP) is 2.95. The standard InChI is InChI=1S/C18H24ClN5O2S2/c1-28(25,26)16-3-2-14(11-21-16)15-10-13(12-4-7-20-8-5-12)6-9-24(15)18-22-17(19)23-27-18/h2-3,11-13,15,20H,4-10H2,1H3/t13?,15-/m1/s1. The fraction of sp³-hybridized carbons (Fsp3) is 0.611. The fourth-order valence-corrected chi connectivity index (χ4v) is 5.85. The van der Waals surface area contributed by atoms with Gasteiger partial charge in [-0.25, -0.2) is 13.4 Å². The van der Waals surface area contributed by atoms with Crippen LogP contribution in [0.1, 0.15) is 37.3 Å². The molecule has 28 heavy (non-hydrogen) atoms. The van der Waals surface area contributed by atoms with Gasteiger partial charge in [0.05, 0.1) is 6.04 Å². The Hall–Kier alpha value is -1.29. The van der Waals surface area contributed by atoms with Crippen molar-refractivity contribution in [2.24, 2.45) is 11.8 Å². The zero-order valence-corrected chi connectivity index (χ0v) is 18.1. The zero-order valence-electron chi connectivity index (χ0n) is 15.7. The molecule has 0 saturated carbocycles. The topological polar surface area (TPSA) is 88.1 Å². The van der Waals surface area contributed by atoms with Gasteiger partial charge in [-0.3, -0.25) is 0 Å². The van der Waals surface area contributed by atoms with Crippen LogP contribution in [0.2, 0.25) is 5.28 Å². The van der Waals surface area contributed by atoms with Gasteiger partial charge in [0.1, 0.15) is 0 Å². The summed E-state index contributed by atoms with van der Waals surface area (Å²) < 4.78 is 27.6. The SMILES string of the molecule is CS(=O)(=O)c1ccc([C@H]2CC(C3CCNCC3)CCN2c2nc(Cl)ns2)cn1. The largest absolute Gasteiger partial charge is 0.340 e. The highest BCUT2D eigenvalue weighted by Crippen LogP contribution is 2.42. The Kier molecular flexibility index (Phi) is 5.87. The van der Waals surface area contributed by atoms with Crippen molar-refractivity contribution in [3.05, 3.63) is 29.2 Å². The minimum Gasteiger partial charge on any atom is -0.340 e. The van der Waals surface area contributed by atoms with Crippen LogP contribution in [0, 0.1) is 11.8 Å². The molecule has 2 fully saturated rings. The molecule has 0 spiro atoms. The van der Waals surface area contributed by atoms with Gasteiger partial charge in [-0.2, -0.15) is 9.36 Å². The molecule has 1 unspecified atom stereocenters. The van der Waals surface area contributed by atoms with E-state index in [0.29, 0.717) is 5.92 Å². The Morgan fingerprint density at radius 2 is 2.00 bits per heavy atom. The second-order valence-electron chi connectivity index (χ2n) is 7.63. The molecule has 0 radical (unpaired) electrons. The van der Waals surface area contributed by atoms with Crippen LogP contribution in [0.4, 0.5) is 5.13 Å². The zero-order chi connectivity index (χ0) is 19.7. The van der Waals surface area contributed by atoms with Crippen LogP contribution in [0.15, 0.2) is 23.4 Å². The number of nitrogens with zero attached hydrogens (tertiary/aromatic N) is 4. The molecule has 0 aliphatic carbocycles. The maximum absolute atomic E-state index is 11.8. The van der Waals surface area contributed by atoms with Crippen molar-refractivity contribution in [3.8, 4) is 0 Å². The van der Waals surface area contributed by atoms with E-state index in [4.69, 9.17) is 11.6 Å². The lowest BCUT2D eigenvalue weighted by atomic mass is 9.76. The summed E-state index contributed by atoms with van der Waals surface area (Å²) in [5.41, 5.74) is 1.01. The summed E-state index contributed by atoms with van der Waals surface area (Å²) in [6.07, 6.45) is 7.43. The molecule has 0 bridgehead atoms. The van der Waals surface area contributed by atoms with Gasteiger partial charge in [0.2, 0.25) is 10.4 Å². The normalized spacial score (nSPS) is 24.4. The Bertz CT molecular complexity index is 912. The Morgan fingerprint density at radius 1 is 1.21 bits per heavy atom. The number of hydrogen-bond donors (Lipinski definition) is 1. The molecule has 2 aliphatic rings. The Labute approximate surface area is 174 Å². The third kappa shape index (κ3) is 4.32. The number of pyridine rings is 1. The van der Waals surface area contributed by atoms with Crippen LogP contribution in [0.3, 0.4) is 0 Å². The number of halogens is 1. The summed E-state index contributed by atoms with van der Waals surface area (Å²) in [6, 6.07) is 3.58. The average Bonchev–Trinajstić information content (AvgIpc) is 3.14. The molecule has 0 aromatic carbocycles. The lowest BCUT2D eigenvalue weighted by Gasteiger charge is -2.43. The van der Waals surface area contributed by atoms with Gasteiger partial charge in [0.25, 0.3) is 0 Å². The van der Waals surface area contributed by atoms with E-state index in [-0.39, 0.29) is 16.4 Å². The summed E-state index contributed by atoms with van der Waals surface area (Å²) in [5.74, 6) is 1.37. The van der Waals surface area contributed by atoms with Crippen LogP contribution in [0.5, 0.6) is 0 Å². The molecule has 2 atom stereocenters. The van der Waals surface area contributed by atoms with Crippen molar-refractivity contribution in [3.63, 3.8) is 0 Å². The first-order chi connectivity index (χ1) is 13.4. The van der Waals surface area contributed by atoms with E-state index < -0.39 is 9.84 Å². The monoisotopic (exact) mass is 441 g/mol. The highest BCUT2D eigenvalue weighted by atomic mass is 35.5. The summed E-state index contributed by atoms with van der Waals surface area (Å²) >= 11 is 7.28. The second kappa shape index (κ2) is 8.22. The quantitative estimate of drug-likeness (QED) is 0.780. The molecule has 4 heterocycles. The molecule has 4 rings (SSSR count). The van der Waals surface area contributed by atoms with Crippen molar-refractivity contribution >= 4 is 38.1 Å². The van der Waals surface area contributed by atoms with Gasteiger partial charge in [-0.05, 0) is 73.8 Å². The third-order valence-corrected chi connectivity index (χ3v) is 7.88. The summed E-state index contributed by atoms with van der Waals surface area (Å²) in [4.78, 5) is 10.8. The van der Waals surface area contributed by atoms with E-state index >= 15 is 0 Å². The number of sulfone groups is 1. The smallest absolute Gasteiger partial charge is 0.236 e. The van der Waals surface area contributed by atoms with Crippen molar-refractivity contribution < 1.29 is 8.42 Å². The van der Waals surface area contributed by atoms with Crippen molar-refractivity contribution in [1.29, 1.82) is 0 Å².